The zero-order valence-corrected chi connectivity index (χ0v) is 16.7. The standard InChI is InChI=1S/C18H21ClN2O6S/c1-26-14-5-3-13(4-6-14)21-28(24,25)15-7-8-17(16(19)11-15)27-12-18(23)20-9-2-10-22/h3-8,11,21-22H,2,9-10,12H2,1H3,(H,20,23). The molecule has 0 aromatic heterocycles. The van der Waals surface area contributed by atoms with Crippen molar-refractivity contribution in [3.05, 3.63) is 47.5 Å². The van der Waals surface area contributed by atoms with Gasteiger partial charge in [-0.2, -0.15) is 0 Å². The van der Waals surface area contributed by atoms with Gasteiger partial charge in [-0.05, 0) is 48.9 Å². The van der Waals surface area contributed by atoms with Crippen molar-refractivity contribution in [2.75, 3.05) is 31.6 Å². The van der Waals surface area contributed by atoms with E-state index in [1.165, 1.54) is 25.3 Å². The van der Waals surface area contributed by atoms with Gasteiger partial charge >= 0.3 is 0 Å². The first-order chi connectivity index (χ1) is 13.4. The number of halogens is 1. The Balaban J connectivity index is 2.02. The first-order valence-corrected chi connectivity index (χ1v) is 10.2. The van der Waals surface area contributed by atoms with Crippen molar-refractivity contribution >= 4 is 33.2 Å². The highest BCUT2D eigenvalue weighted by Crippen LogP contribution is 2.28. The second-order valence-corrected chi connectivity index (χ2v) is 7.73. The van der Waals surface area contributed by atoms with Crippen molar-refractivity contribution < 1.29 is 27.8 Å². The Morgan fingerprint density at radius 2 is 1.89 bits per heavy atom. The van der Waals surface area contributed by atoms with Crippen LogP contribution in [0, 0.1) is 0 Å². The maximum atomic E-state index is 12.5. The van der Waals surface area contributed by atoms with E-state index < -0.39 is 10.0 Å². The Kier molecular flexibility index (Phi) is 7.91. The topological polar surface area (TPSA) is 114 Å². The number of anilines is 1. The number of sulfonamides is 1. The molecular formula is C18H21ClN2O6S. The van der Waals surface area contributed by atoms with E-state index in [1.54, 1.807) is 24.3 Å². The summed E-state index contributed by atoms with van der Waals surface area (Å²) >= 11 is 6.09. The van der Waals surface area contributed by atoms with Crippen molar-refractivity contribution in [3.8, 4) is 11.5 Å². The van der Waals surface area contributed by atoms with E-state index in [1.807, 2.05) is 0 Å². The molecule has 8 nitrogen and oxygen atoms in total. The summed E-state index contributed by atoms with van der Waals surface area (Å²) < 4.78 is 37.8. The molecule has 0 saturated heterocycles. The van der Waals surface area contributed by atoms with Crippen LogP contribution in [0.4, 0.5) is 5.69 Å². The summed E-state index contributed by atoms with van der Waals surface area (Å²) in [6.45, 7) is 0.0371. The number of nitrogens with one attached hydrogen (secondary N) is 2. The number of carbonyl (C=O) groups is 1. The molecule has 152 valence electrons. The van der Waals surface area contributed by atoms with E-state index in [-0.39, 0.29) is 34.8 Å². The summed E-state index contributed by atoms with van der Waals surface area (Å²) in [5, 5.41) is 11.3. The molecule has 0 atom stereocenters. The van der Waals surface area contributed by atoms with E-state index in [4.69, 9.17) is 26.2 Å². The van der Waals surface area contributed by atoms with E-state index in [2.05, 4.69) is 10.0 Å². The number of aliphatic hydroxyl groups excluding tert-OH is 1. The monoisotopic (exact) mass is 428 g/mol. The summed E-state index contributed by atoms with van der Waals surface area (Å²) in [4.78, 5) is 11.6. The molecule has 28 heavy (non-hydrogen) atoms. The number of hydrogen-bond donors (Lipinski definition) is 3. The predicted octanol–water partition coefficient (Wildman–Crippen LogP) is 2.03. The van der Waals surface area contributed by atoms with Gasteiger partial charge in [0.2, 0.25) is 0 Å². The highest BCUT2D eigenvalue weighted by Gasteiger charge is 2.17. The molecule has 3 N–H and O–H groups in total. The average Bonchev–Trinajstić information content (AvgIpc) is 2.67. The molecule has 2 aromatic rings. The molecule has 2 aromatic carbocycles. The first kappa shape index (κ1) is 21.8. The number of methoxy groups -OCH3 is 1. The van der Waals surface area contributed by atoms with Crippen LogP contribution in [0.25, 0.3) is 0 Å². The SMILES string of the molecule is COc1ccc(NS(=O)(=O)c2ccc(OCC(=O)NCCCO)c(Cl)c2)cc1. The fourth-order valence-corrected chi connectivity index (χ4v) is 3.52. The lowest BCUT2D eigenvalue weighted by atomic mass is 10.3. The van der Waals surface area contributed by atoms with Crippen LogP contribution in [0.2, 0.25) is 5.02 Å². The normalized spacial score (nSPS) is 11.0. The Morgan fingerprint density at radius 1 is 1.18 bits per heavy atom. The maximum absolute atomic E-state index is 12.5. The van der Waals surface area contributed by atoms with Crippen molar-refractivity contribution in [3.63, 3.8) is 0 Å². The summed E-state index contributed by atoms with van der Waals surface area (Å²) in [6.07, 6.45) is 0.445. The molecular weight excluding hydrogens is 408 g/mol. The van der Waals surface area contributed by atoms with Crippen LogP contribution < -0.4 is 19.5 Å². The fourth-order valence-electron chi connectivity index (χ4n) is 2.14. The van der Waals surface area contributed by atoms with Crippen LogP contribution in [-0.2, 0) is 14.8 Å². The van der Waals surface area contributed by atoms with Crippen molar-refractivity contribution in [2.45, 2.75) is 11.3 Å². The Morgan fingerprint density at radius 3 is 2.50 bits per heavy atom. The van der Waals surface area contributed by atoms with Gasteiger partial charge in [0, 0.05) is 18.8 Å². The van der Waals surface area contributed by atoms with E-state index in [9.17, 15) is 13.2 Å². The minimum absolute atomic E-state index is 0.0204. The zero-order valence-electron chi connectivity index (χ0n) is 15.1. The number of benzene rings is 2. The molecule has 0 radical (unpaired) electrons. The summed E-state index contributed by atoms with van der Waals surface area (Å²) in [5.74, 6) is 0.414. The van der Waals surface area contributed by atoms with E-state index in [0.29, 0.717) is 24.4 Å². The molecule has 1 amide bonds. The van der Waals surface area contributed by atoms with Gasteiger partial charge in [0.25, 0.3) is 15.9 Å². The van der Waals surface area contributed by atoms with Gasteiger partial charge in [-0.25, -0.2) is 8.42 Å². The van der Waals surface area contributed by atoms with Crippen LogP contribution in [0.1, 0.15) is 6.42 Å². The lowest BCUT2D eigenvalue weighted by Crippen LogP contribution is -2.30. The fraction of sp³-hybridized carbons (Fsp3) is 0.278. The number of rotatable bonds is 10. The molecule has 0 aliphatic rings. The molecule has 0 unspecified atom stereocenters. The Hall–Kier alpha value is -2.49. The third-order valence-corrected chi connectivity index (χ3v) is 5.25. The summed E-state index contributed by atoms with van der Waals surface area (Å²) in [7, 11) is -2.33. The maximum Gasteiger partial charge on any atom is 0.261 e. The van der Waals surface area contributed by atoms with E-state index >= 15 is 0 Å². The number of amides is 1. The lowest BCUT2D eigenvalue weighted by molar-refractivity contribution is -0.123. The van der Waals surface area contributed by atoms with Gasteiger partial charge in [0.05, 0.1) is 17.0 Å². The molecule has 0 fully saturated rings. The summed E-state index contributed by atoms with van der Waals surface area (Å²) in [6, 6.07) is 10.4. The molecule has 0 aliphatic carbocycles. The van der Waals surface area contributed by atoms with Crippen molar-refractivity contribution in [1.29, 1.82) is 0 Å². The molecule has 0 aliphatic heterocycles. The molecule has 2 rings (SSSR count). The molecule has 0 saturated carbocycles. The minimum Gasteiger partial charge on any atom is -0.497 e. The van der Waals surface area contributed by atoms with Gasteiger partial charge in [0.1, 0.15) is 11.5 Å². The van der Waals surface area contributed by atoms with Crippen LogP contribution in [0.15, 0.2) is 47.4 Å². The van der Waals surface area contributed by atoms with Crippen molar-refractivity contribution in [2.24, 2.45) is 0 Å². The van der Waals surface area contributed by atoms with Gasteiger partial charge < -0.3 is 19.9 Å². The average molecular weight is 429 g/mol. The third kappa shape index (κ3) is 6.29. The summed E-state index contributed by atoms with van der Waals surface area (Å²) in [5.41, 5.74) is 0.372. The van der Waals surface area contributed by atoms with Gasteiger partial charge in [-0.1, -0.05) is 11.6 Å². The highest BCUT2D eigenvalue weighted by molar-refractivity contribution is 7.92. The molecule has 0 heterocycles. The number of aliphatic hydroxyl groups is 1. The molecule has 0 spiro atoms. The highest BCUT2D eigenvalue weighted by atomic mass is 35.5. The Labute approximate surface area is 168 Å². The zero-order chi connectivity index (χ0) is 20.6. The quantitative estimate of drug-likeness (QED) is 0.499. The van der Waals surface area contributed by atoms with Crippen LogP contribution in [-0.4, -0.2) is 46.3 Å². The molecule has 10 heteroatoms. The minimum atomic E-state index is -3.85. The third-order valence-electron chi connectivity index (χ3n) is 3.57. The van der Waals surface area contributed by atoms with Crippen LogP contribution in [0.5, 0.6) is 11.5 Å². The Bertz CT molecular complexity index is 903. The predicted molar refractivity (Wildman–Crippen MR) is 105 cm³/mol. The van der Waals surface area contributed by atoms with Crippen LogP contribution >= 0.6 is 11.6 Å². The number of hydrogen-bond acceptors (Lipinski definition) is 6. The lowest BCUT2D eigenvalue weighted by Gasteiger charge is -2.12. The van der Waals surface area contributed by atoms with Gasteiger partial charge in [-0.15, -0.1) is 0 Å². The first-order valence-electron chi connectivity index (χ1n) is 8.32. The van der Waals surface area contributed by atoms with Gasteiger partial charge in [-0.3, -0.25) is 9.52 Å². The number of carbonyl (C=O) groups excluding carboxylic acids is 1. The van der Waals surface area contributed by atoms with Gasteiger partial charge in [0.15, 0.2) is 6.61 Å². The number of ether oxygens (including phenoxy) is 2. The van der Waals surface area contributed by atoms with E-state index in [0.717, 1.165) is 0 Å². The second-order valence-electron chi connectivity index (χ2n) is 5.64. The van der Waals surface area contributed by atoms with Crippen LogP contribution in [0.3, 0.4) is 0 Å². The largest absolute Gasteiger partial charge is 0.497 e. The molecule has 0 bridgehead atoms. The second kappa shape index (κ2) is 10.2. The smallest absolute Gasteiger partial charge is 0.261 e. The van der Waals surface area contributed by atoms with Crippen molar-refractivity contribution in [1.82, 2.24) is 5.32 Å².